The Balaban J connectivity index is 2.06. The normalized spacial score (nSPS) is 15.2. The van der Waals surface area contributed by atoms with Gasteiger partial charge < -0.3 is 9.47 Å². The minimum Gasteiger partial charge on any atom is -0.474 e. The van der Waals surface area contributed by atoms with Crippen molar-refractivity contribution in [3.05, 3.63) is 55.6 Å². The number of aromatic nitrogens is 2. The molecule has 1 saturated carbocycles. The molecule has 33 heavy (non-hydrogen) atoms. The minimum absolute atomic E-state index is 0.150. The molecule has 1 aliphatic rings. The number of alkyl halides is 3. The van der Waals surface area contributed by atoms with Crippen LogP contribution < -0.4 is 16.0 Å². The van der Waals surface area contributed by atoms with Crippen molar-refractivity contribution in [2.75, 3.05) is 0 Å². The van der Waals surface area contributed by atoms with Crippen LogP contribution in [0.3, 0.4) is 0 Å². The lowest BCUT2D eigenvalue weighted by molar-refractivity contribution is -0.168. The van der Waals surface area contributed by atoms with Gasteiger partial charge in [-0.05, 0) is 19.9 Å². The zero-order valence-electron chi connectivity index (χ0n) is 17.5. The van der Waals surface area contributed by atoms with Crippen molar-refractivity contribution in [1.29, 1.82) is 0 Å². The maximum absolute atomic E-state index is 14.6. The van der Waals surface area contributed by atoms with Crippen LogP contribution in [0.15, 0.2) is 27.8 Å². The third kappa shape index (κ3) is 4.65. The summed E-state index contributed by atoms with van der Waals surface area (Å²) < 4.78 is 64.9. The summed E-state index contributed by atoms with van der Waals surface area (Å²) in [6, 6.07) is 1.66. The summed E-state index contributed by atoms with van der Waals surface area (Å²) in [5.41, 5.74) is -8.12. The van der Waals surface area contributed by atoms with Crippen molar-refractivity contribution >= 4 is 23.9 Å². The van der Waals surface area contributed by atoms with Crippen molar-refractivity contribution in [3.63, 3.8) is 0 Å². The maximum atomic E-state index is 14.6. The number of benzene rings is 1. The Bertz CT molecular complexity index is 1260. The highest BCUT2D eigenvalue weighted by atomic mass is 35.5. The van der Waals surface area contributed by atoms with E-state index < -0.39 is 51.8 Å². The van der Waals surface area contributed by atoms with Gasteiger partial charge in [-0.1, -0.05) is 11.6 Å². The number of nitrogens with zero attached hydrogens (tertiary/aromatic N) is 2. The third-order valence-electron chi connectivity index (χ3n) is 4.87. The van der Waals surface area contributed by atoms with E-state index in [4.69, 9.17) is 21.1 Å². The molecule has 1 aromatic heterocycles. The van der Waals surface area contributed by atoms with Crippen molar-refractivity contribution in [2.24, 2.45) is 7.05 Å². The lowest BCUT2D eigenvalue weighted by Gasteiger charge is -2.24. The number of ether oxygens (including phenoxy) is 2. The quantitative estimate of drug-likeness (QED) is 0.349. The molecule has 2 aromatic rings. The first-order chi connectivity index (χ1) is 15.1. The summed E-state index contributed by atoms with van der Waals surface area (Å²) >= 11 is 5.99. The number of carbonyl (C=O) groups excluding carboxylic acids is 2. The highest BCUT2D eigenvalue weighted by Gasteiger charge is 2.56. The Labute approximate surface area is 188 Å². The molecule has 0 aliphatic heterocycles. The van der Waals surface area contributed by atoms with Crippen LogP contribution in [-0.4, -0.2) is 32.6 Å². The summed E-state index contributed by atoms with van der Waals surface area (Å²) in [4.78, 5) is 48.3. The summed E-state index contributed by atoms with van der Waals surface area (Å²) in [6.45, 7) is 2.70. The van der Waals surface area contributed by atoms with Gasteiger partial charge in [0, 0.05) is 32.0 Å². The number of rotatable bonds is 6. The van der Waals surface area contributed by atoms with Gasteiger partial charge in [0.25, 0.3) is 5.56 Å². The molecule has 0 saturated heterocycles. The van der Waals surface area contributed by atoms with Crippen molar-refractivity contribution in [2.45, 2.75) is 44.1 Å². The largest absolute Gasteiger partial charge is 0.474 e. The number of hydrogen-bond acceptors (Lipinski definition) is 6. The average Bonchev–Trinajstić information content (AvgIpc) is 3.48. The van der Waals surface area contributed by atoms with E-state index in [1.54, 1.807) is 0 Å². The molecule has 1 heterocycles. The van der Waals surface area contributed by atoms with Crippen molar-refractivity contribution in [1.82, 2.24) is 9.13 Å². The number of halogens is 5. The van der Waals surface area contributed by atoms with Crippen LogP contribution in [0.2, 0.25) is 5.02 Å². The molecule has 8 nitrogen and oxygen atoms in total. The molecule has 0 radical (unpaired) electrons. The molecule has 178 valence electrons. The first-order valence-corrected chi connectivity index (χ1v) is 9.78. The number of esters is 1. The Morgan fingerprint density at radius 1 is 1.18 bits per heavy atom. The highest BCUT2D eigenvalue weighted by molar-refractivity contribution is 6.32. The van der Waals surface area contributed by atoms with Gasteiger partial charge in [-0.15, -0.1) is 0 Å². The molecule has 1 aromatic carbocycles. The molecule has 0 unspecified atom stereocenters. The maximum Gasteiger partial charge on any atom is 0.431 e. The Hall–Kier alpha value is -3.15. The minimum atomic E-state index is -4.99. The number of hydrogen-bond donors (Lipinski definition) is 0. The van der Waals surface area contributed by atoms with E-state index in [1.807, 2.05) is 0 Å². The Morgan fingerprint density at radius 3 is 2.30 bits per heavy atom. The van der Waals surface area contributed by atoms with Crippen LogP contribution in [0.5, 0.6) is 5.75 Å². The third-order valence-corrected chi connectivity index (χ3v) is 5.17. The first-order valence-electron chi connectivity index (χ1n) is 9.40. The van der Waals surface area contributed by atoms with Crippen molar-refractivity contribution in [3.8, 4) is 11.4 Å². The van der Waals surface area contributed by atoms with Gasteiger partial charge in [0.05, 0.1) is 10.7 Å². The van der Waals surface area contributed by atoms with Gasteiger partial charge in [0.1, 0.15) is 17.3 Å². The van der Waals surface area contributed by atoms with E-state index in [9.17, 15) is 36.7 Å². The van der Waals surface area contributed by atoms with Gasteiger partial charge in [0.2, 0.25) is 5.60 Å². The Kier molecular flexibility index (Phi) is 5.95. The van der Waals surface area contributed by atoms with E-state index in [-0.39, 0.29) is 38.8 Å². The predicted octanol–water partition coefficient (Wildman–Crippen LogP) is 2.78. The summed E-state index contributed by atoms with van der Waals surface area (Å²) in [6.07, 6.45) is -4.23. The fraction of sp³-hybridized carbons (Fsp3) is 0.400. The van der Waals surface area contributed by atoms with E-state index in [0.717, 1.165) is 13.1 Å². The highest BCUT2D eigenvalue weighted by Crippen LogP contribution is 2.44. The molecule has 1 fully saturated rings. The molecule has 0 spiro atoms. The van der Waals surface area contributed by atoms with E-state index >= 15 is 0 Å². The Morgan fingerprint density at radius 2 is 1.79 bits per heavy atom. The summed E-state index contributed by atoms with van der Waals surface area (Å²) in [7, 11) is 0.774. The van der Waals surface area contributed by atoms with Crippen LogP contribution in [0.25, 0.3) is 5.69 Å². The number of aldehydes is 1. The van der Waals surface area contributed by atoms with Gasteiger partial charge in [0.15, 0.2) is 11.9 Å². The fourth-order valence-electron chi connectivity index (χ4n) is 2.92. The van der Waals surface area contributed by atoms with Crippen LogP contribution in [0, 0.1) is 5.82 Å². The van der Waals surface area contributed by atoms with Gasteiger partial charge in [-0.3, -0.25) is 14.2 Å². The standard InChI is InChI=1S/C20H17ClF4N2O6/c1-18(2,9-28)33-16(30)19(4-5-19)32-13-7-12(11(22)6-10(13)21)27-15(29)8-14(20(23,24)25)26(3)17(27)31/h6-9H,4-5H2,1-3H3. The molecule has 3 rings (SSSR count). The van der Waals surface area contributed by atoms with Gasteiger partial charge in [-0.25, -0.2) is 18.5 Å². The fourth-order valence-corrected chi connectivity index (χ4v) is 3.10. The summed E-state index contributed by atoms with van der Waals surface area (Å²) in [5, 5.41) is -0.332. The number of carbonyl (C=O) groups is 2. The van der Waals surface area contributed by atoms with E-state index in [2.05, 4.69) is 0 Å². The second kappa shape index (κ2) is 8.01. The molecule has 13 heteroatoms. The van der Waals surface area contributed by atoms with Gasteiger partial charge >= 0.3 is 17.8 Å². The van der Waals surface area contributed by atoms with Crippen LogP contribution in [0.1, 0.15) is 32.4 Å². The lowest BCUT2D eigenvalue weighted by atomic mass is 10.1. The van der Waals surface area contributed by atoms with Crippen LogP contribution in [-0.2, 0) is 27.5 Å². The topological polar surface area (TPSA) is 96.6 Å². The first kappa shape index (κ1) is 24.5. The molecular weight excluding hydrogens is 476 g/mol. The monoisotopic (exact) mass is 492 g/mol. The molecule has 1 aliphatic carbocycles. The molecule has 0 N–H and O–H groups in total. The molecular formula is C20H17ClF4N2O6. The molecule has 0 atom stereocenters. The lowest BCUT2D eigenvalue weighted by Crippen LogP contribution is -2.41. The second-order valence-corrected chi connectivity index (χ2v) is 8.39. The average molecular weight is 493 g/mol. The molecule has 0 bridgehead atoms. The van der Waals surface area contributed by atoms with E-state index in [1.165, 1.54) is 13.8 Å². The zero-order valence-corrected chi connectivity index (χ0v) is 18.2. The van der Waals surface area contributed by atoms with E-state index in [0.29, 0.717) is 12.4 Å². The van der Waals surface area contributed by atoms with Crippen molar-refractivity contribution < 1.29 is 36.6 Å². The zero-order chi connectivity index (χ0) is 24.9. The molecule has 0 amide bonds. The smallest absolute Gasteiger partial charge is 0.431 e. The SMILES string of the molecule is Cn1c(C(F)(F)F)cc(=O)n(-c2cc(OC3(C(=O)OC(C)(C)C=O)CC3)c(Cl)cc2F)c1=O. The van der Waals surface area contributed by atoms with Crippen LogP contribution >= 0.6 is 11.6 Å². The van der Waals surface area contributed by atoms with Gasteiger partial charge in [-0.2, -0.15) is 13.2 Å². The van der Waals surface area contributed by atoms with Crippen LogP contribution in [0.4, 0.5) is 17.6 Å². The summed E-state index contributed by atoms with van der Waals surface area (Å²) in [5.74, 6) is -2.40. The predicted molar refractivity (Wildman–Crippen MR) is 106 cm³/mol. The second-order valence-electron chi connectivity index (χ2n) is 7.98.